The first-order valence-electron chi connectivity index (χ1n) is 9.13. The van der Waals surface area contributed by atoms with Gasteiger partial charge in [0, 0.05) is 6.42 Å². The maximum Gasteiger partial charge on any atom is 0.227 e. The predicted molar refractivity (Wildman–Crippen MR) is 107 cm³/mol. The van der Waals surface area contributed by atoms with Gasteiger partial charge in [-0.1, -0.05) is 39.0 Å². The van der Waals surface area contributed by atoms with Crippen LogP contribution in [0.1, 0.15) is 55.6 Å². The predicted octanol–water partition coefficient (Wildman–Crippen LogP) is 4.31. The van der Waals surface area contributed by atoms with E-state index < -0.39 is 0 Å². The smallest absolute Gasteiger partial charge is 0.227 e. The van der Waals surface area contributed by atoms with Crippen LogP contribution in [0, 0.1) is 19.8 Å². The number of benzene rings is 1. The van der Waals surface area contributed by atoms with Gasteiger partial charge in [-0.3, -0.25) is 0 Å². The highest BCUT2D eigenvalue weighted by atomic mass is 35.5. The molecule has 0 amide bonds. The molecule has 0 aliphatic carbocycles. The number of nitrogens with zero attached hydrogens (tertiary/aromatic N) is 3. The van der Waals surface area contributed by atoms with Crippen molar-refractivity contribution in [1.82, 2.24) is 15.0 Å². The number of aromatic nitrogens is 3. The van der Waals surface area contributed by atoms with Crippen LogP contribution in [-0.2, 0) is 6.42 Å². The second kappa shape index (κ2) is 9.28. The lowest BCUT2D eigenvalue weighted by Crippen LogP contribution is -2.27. The van der Waals surface area contributed by atoms with E-state index in [1.807, 2.05) is 0 Å². The number of rotatable bonds is 8. The fourth-order valence-electron chi connectivity index (χ4n) is 2.94. The first-order chi connectivity index (χ1) is 12.3. The number of aliphatic hydroxyl groups excluding tert-OH is 1. The van der Waals surface area contributed by atoms with Gasteiger partial charge in [-0.05, 0) is 60.4 Å². The minimum absolute atomic E-state index is 0.0237. The maximum absolute atomic E-state index is 9.55. The second-order valence-electron chi connectivity index (χ2n) is 7.45. The third-order valence-electron chi connectivity index (χ3n) is 4.55. The fourth-order valence-corrected chi connectivity index (χ4v) is 3.12. The van der Waals surface area contributed by atoms with Gasteiger partial charge in [-0.15, -0.1) is 0 Å². The monoisotopic (exact) mass is 376 g/mol. The molecule has 0 spiro atoms. The normalized spacial score (nSPS) is 13.7. The molecular formula is C20H29ClN4O. The molecule has 2 rings (SSSR count). The Labute approximate surface area is 161 Å². The SMILES string of the molecule is Cc1ccc(C(C)Cc2nc(Cl)nc(N[C@@H](CO)CC(C)C)n2)cc1C. The van der Waals surface area contributed by atoms with Crippen molar-refractivity contribution in [1.29, 1.82) is 0 Å². The largest absolute Gasteiger partial charge is 0.394 e. The Morgan fingerprint density at radius 2 is 1.81 bits per heavy atom. The quantitative estimate of drug-likeness (QED) is 0.718. The zero-order valence-electron chi connectivity index (χ0n) is 16.3. The van der Waals surface area contributed by atoms with Gasteiger partial charge in [0.25, 0.3) is 0 Å². The summed E-state index contributed by atoms with van der Waals surface area (Å²) < 4.78 is 0. The number of halogens is 1. The summed E-state index contributed by atoms with van der Waals surface area (Å²) in [4.78, 5) is 12.9. The molecule has 26 heavy (non-hydrogen) atoms. The molecule has 1 unspecified atom stereocenters. The fraction of sp³-hybridized carbons (Fsp3) is 0.550. The Kier molecular flexibility index (Phi) is 7.35. The van der Waals surface area contributed by atoms with Gasteiger partial charge in [-0.2, -0.15) is 9.97 Å². The zero-order valence-corrected chi connectivity index (χ0v) is 17.0. The van der Waals surface area contributed by atoms with E-state index in [2.05, 4.69) is 73.1 Å². The van der Waals surface area contributed by atoms with Crippen LogP contribution >= 0.6 is 11.6 Å². The van der Waals surface area contributed by atoms with E-state index in [-0.39, 0.29) is 23.9 Å². The van der Waals surface area contributed by atoms with Crippen molar-refractivity contribution in [3.63, 3.8) is 0 Å². The van der Waals surface area contributed by atoms with Gasteiger partial charge in [0.1, 0.15) is 5.82 Å². The van der Waals surface area contributed by atoms with E-state index in [1.54, 1.807) is 0 Å². The number of hydrogen-bond acceptors (Lipinski definition) is 5. The van der Waals surface area contributed by atoms with Crippen molar-refractivity contribution in [3.05, 3.63) is 46.0 Å². The first kappa shape index (κ1) is 20.6. The molecule has 0 radical (unpaired) electrons. The van der Waals surface area contributed by atoms with Gasteiger partial charge in [0.2, 0.25) is 11.2 Å². The number of hydrogen-bond donors (Lipinski definition) is 2. The minimum Gasteiger partial charge on any atom is -0.394 e. The summed E-state index contributed by atoms with van der Waals surface area (Å²) in [5.74, 6) is 1.80. The molecule has 142 valence electrons. The Morgan fingerprint density at radius 1 is 1.08 bits per heavy atom. The average molecular weight is 377 g/mol. The average Bonchev–Trinajstić information content (AvgIpc) is 2.55. The van der Waals surface area contributed by atoms with Gasteiger partial charge in [0.15, 0.2) is 0 Å². The Balaban J connectivity index is 2.14. The topological polar surface area (TPSA) is 70.9 Å². The summed E-state index contributed by atoms with van der Waals surface area (Å²) in [6, 6.07) is 6.41. The first-order valence-corrected chi connectivity index (χ1v) is 9.51. The Bertz CT molecular complexity index is 736. The summed E-state index contributed by atoms with van der Waals surface area (Å²) in [6.07, 6.45) is 1.50. The van der Waals surface area contributed by atoms with E-state index in [4.69, 9.17) is 11.6 Å². The molecule has 6 heteroatoms. The molecule has 0 bridgehead atoms. The number of anilines is 1. The molecule has 2 aromatic rings. The van der Waals surface area contributed by atoms with Gasteiger partial charge in [0.05, 0.1) is 12.6 Å². The van der Waals surface area contributed by atoms with E-state index in [1.165, 1.54) is 16.7 Å². The van der Waals surface area contributed by atoms with Crippen LogP contribution in [0.15, 0.2) is 18.2 Å². The Morgan fingerprint density at radius 3 is 2.42 bits per heavy atom. The van der Waals surface area contributed by atoms with Crippen molar-refractivity contribution in [3.8, 4) is 0 Å². The maximum atomic E-state index is 9.55. The van der Waals surface area contributed by atoms with Crippen molar-refractivity contribution in [2.24, 2.45) is 5.92 Å². The van der Waals surface area contributed by atoms with Gasteiger partial charge >= 0.3 is 0 Å². The Hall–Kier alpha value is -1.72. The van der Waals surface area contributed by atoms with Crippen LogP contribution in [0.4, 0.5) is 5.95 Å². The summed E-state index contributed by atoms with van der Waals surface area (Å²) in [5.41, 5.74) is 3.83. The van der Waals surface area contributed by atoms with Gasteiger partial charge in [-0.25, -0.2) is 4.98 Å². The summed E-state index contributed by atoms with van der Waals surface area (Å²) in [6.45, 7) is 10.6. The van der Waals surface area contributed by atoms with E-state index in [9.17, 15) is 5.11 Å². The van der Waals surface area contributed by atoms with E-state index in [0.29, 0.717) is 24.1 Å². The lowest BCUT2D eigenvalue weighted by Gasteiger charge is -2.19. The van der Waals surface area contributed by atoms with Crippen LogP contribution < -0.4 is 5.32 Å². The molecule has 1 heterocycles. The van der Waals surface area contributed by atoms with Crippen molar-refractivity contribution in [2.45, 2.75) is 59.4 Å². The second-order valence-corrected chi connectivity index (χ2v) is 7.78. The summed E-state index contributed by atoms with van der Waals surface area (Å²) in [5, 5.41) is 12.9. The third-order valence-corrected chi connectivity index (χ3v) is 4.72. The highest BCUT2D eigenvalue weighted by molar-refractivity contribution is 6.28. The van der Waals surface area contributed by atoms with E-state index >= 15 is 0 Å². The van der Waals surface area contributed by atoms with Crippen LogP contribution in [0.2, 0.25) is 5.28 Å². The molecule has 1 aromatic carbocycles. The summed E-state index contributed by atoms with van der Waals surface area (Å²) in [7, 11) is 0. The molecule has 1 aromatic heterocycles. The van der Waals surface area contributed by atoms with Crippen LogP contribution in [-0.4, -0.2) is 32.7 Å². The standard InChI is InChI=1S/C20H29ClN4O/c1-12(2)8-17(11-26)22-20-24-18(23-19(21)25-20)10-15(5)16-7-6-13(3)14(4)9-16/h6-7,9,12,15,17,26H,8,10-11H2,1-5H3,(H,22,23,24,25)/t15?,17-/m1/s1. The molecule has 0 saturated heterocycles. The molecule has 0 aliphatic heterocycles. The van der Waals surface area contributed by atoms with Crippen LogP contribution in [0.3, 0.4) is 0 Å². The molecular weight excluding hydrogens is 348 g/mol. The molecule has 2 atom stereocenters. The van der Waals surface area contributed by atoms with Gasteiger partial charge < -0.3 is 10.4 Å². The molecule has 5 nitrogen and oxygen atoms in total. The highest BCUT2D eigenvalue weighted by Crippen LogP contribution is 2.22. The van der Waals surface area contributed by atoms with Crippen molar-refractivity contribution >= 4 is 17.5 Å². The van der Waals surface area contributed by atoms with Crippen molar-refractivity contribution in [2.75, 3.05) is 11.9 Å². The third kappa shape index (κ3) is 5.92. The lowest BCUT2D eigenvalue weighted by molar-refractivity contribution is 0.259. The van der Waals surface area contributed by atoms with Crippen LogP contribution in [0.5, 0.6) is 0 Å². The van der Waals surface area contributed by atoms with Crippen LogP contribution in [0.25, 0.3) is 0 Å². The molecule has 2 N–H and O–H groups in total. The molecule has 0 fully saturated rings. The van der Waals surface area contributed by atoms with Crippen molar-refractivity contribution < 1.29 is 5.11 Å². The molecule has 0 saturated carbocycles. The number of aliphatic hydroxyl groups is 1. The number of aryl methyl sites for hydroxylation is 2. The molecule has 0 aliphatic rings. The zero-order chi connectivity index (χ0) is 19.3. The van der Waals surface area contributed by atoms with E-state index in [0.717, 1.165) is 6.42 Å². The lowest BCUT2D eigenvalue weighted by atomic mass is 9.94. The number of nitrogens with one attached hydrogen (secondary N) is 1. The minimum atomic E-state index is -0.0986. The highest BCUT2D eigenvalue weighted by Gasteiger charge is 2.15. The summed E-state index contributed by atoms with van der Waals surface area (Å²) >= 11 is 6.09.